The molecular weight excluding hydrogens is 204 g/mol. The van der Waals surface area contributed by atoms with Crippen LogP contribution in [-0.4, -0.2) is 17.2 Å². The van der Waals surface area contributed by atoms with Gasteiger partial charge in [0, 0.05) is 12.6 Å². The molecule has 0 saturated heterocycles. The quantitative estimate of drug-likeness (QED) is 0.721. The summed E-state index contributed by atoms with van der Waals surface area (Å²) in [5.74, 6) is 0. The van der Waals surface area contributed by atoms with E-state index in [9.17, 15) is 4.79 Å². The Balaban J connectivity index is 2.39. The van der Waals surface area contributed by atoms with E-state index in [1.807, 2.05) is 38.1 Å². The summed E-state index contributed by atoms with van der Waals surface area (Å²) in [5, 5.41) is 14.4. The predicted octanol–water partition coefficient (Wildman–Crippen LogP) is 1.39. The Bertz CT molecular complexity index is 333. The minimum Gasteiger partial charge on any atom is -0.392 e. The molecule has 1 aromatic carbocycles. The molecule has 0 saturated carbocycles. The third-order valence-corrected chi connectivity index (χ3v) is 2.08. The first kappa shape index (κ1) is 12.5. The highest BCUT2D eigenvalue weighted by Crippen LogP contribution is 2.03. The molecule has 0 unspecified atom stereocenters. The van der Waals surface area contributed by atoms with Crippen molar-refractivity contribution in [1.29, 1.82) is 0 Å². The Labute approximate surface area is 95.7 Å². The molecule has 0 aliphatic carbocycles. The molecule has 3 N–H and O–H groups in total. The molecule has 0 bridgehead atoms. The van der Waals surface area contributed by atoms with Crippen LogP contribution in [-0.2, 0) is 13.2 Å². The maximum Gasteiger partial charge on any atom is 0.315 e. The van der Waals surface area contributed by atoms with Crippen molar-refractivity contribution in [3.8, 4) is 0 Å². The highest BCUT2D eigenvalue weighted by atomic mass is 16.3. The highest BCUT2D eigenvalue weighted by Gasteiger charge is 2.01. The van der Waals surface area contributed by atoms with Gasteiger partial charge in [-0.1, -0.05) is 24.3 Å². The molecule has 0 atom stereocenters. The lowest BCUT2D eigenvalue weighted by Crippen LogP contribution is -2.39. The third-order valence-electron chi connectivity index (χ3n) is 2.08. The molecule has 4 heteroatoms. The number of rotatable bonds is 4. The smallest absolute Gasteiger partial charge is 0.315 e. The minimum atomic E-state index is -0.166. The van der Waals surface area contributed by atoms with Crippen LogP contribution < -0.4 is 10.6 Å². The number of hydrogen-bond donors (Lipinski definition) is 3. The lowest BCUT2D eigenvalue weighted by molar-refractivity contribution is 0.238. The van der Waals surface area contributed by atoms with Gasteiger partial charge < -0.3 is 15.7 Å². The zero-order chi connectivity index (χ0) is 12.0. The number of benzene rings is 1. The number of hydrogen-bond acceptors (Lipinski definition) is 2. The van der Waals surface area contributed by atoms with E-state index in [2.05, 4.69) is 10.6 Å². The molecule has 1 aromatic rings. The van der Waals surface area contributed by atoms with Crippen LogP contribution in [0.1, 0.15) is 25.0 Å². The first-order valence-corrected chi connectivity index (χ1v) is 5.35. The molecule has 88 valence electrons. The molecule has 0 aliphatic rings. The van der Waals surface area contributed by atoms with Gasteiger partial charge in [-0.25, -0.2) is 4.79 Å². The summed E-state index contributed by atoms with van der Waals surface area (Å²) in [5.41, 5.74) is 1.88. The largest absolute Gasteiger partial charge is 0.392 e. The van der Waals surface area contributed by atoms with Crippen molar-refractivity contribution >= 4 is 6.03 Å². The minimum absolute atomic E-state index is 0.0432. The third kappa shape index (κ3) is 4.31. The van der Waals surface area contributed by atoms with E-state index in [-0.39, 0.29) is 18.7 Å². The molecule has 0 radical (unpaired) electrons. The SMILES string of the molecule is CC(C)NC(=O)NCc1ccc(CO)cc1. The monoisotopic (exact) mass is 222 g/mol. The van der Waals surface area contributed by atoms with Gasteiger partial charge in [0.05, 0.1) is 6.61 Å². The lowest BCUT2D eigenvalue weighted by atomic mass is 10.1. The van der Waals surface area contributed by atoms with Crippen LogP contribution in [0.4, 0.5) is 4.79 Å². The van der Waals surface area contributed by atoms with E-state index in [4.69, 9.17) is 5.11 Å². The number of amides is 2. The van der Waals surface area contributed by atoms with Crippen molar-refractivity contribution in [2.24, 2.45) is 0 Å². The summed E-state index contributed by atoms with van der Waals surface area (Å²) in [7, 11) is 0. The van der Waals surface area contributed by atoms with Crippen molar-refractivity contribution in [2.45, 2.75) is 33.0 Å². The standard InChI is InChI=1S/C12H18N2O2/c1-9(2)14-12(16)13-7-10-3-5-11(8-15)6-4-10/h3-6,9,15H,7-8H2,1-2H3,(H2,13,14,16). The van der Waals surface area contributed by atoms with E-state index in [0.29, 0.717) is 6.54 Å². The van der Waals surface area contributed by atoms with Crippen LogP contribution in [0.15, 0.2) is 24.3 Å². The fourth-order valence-electron chi connectivity index (χ4n) is 1.26. The summed E-state index contributed by atoms with van der Waals surface area (Å²) in [6.07, 6.45) is 0. The summed E-state index contributed by atoms with van der Waals surface area (Å²) >= 11 is 0. The van der Waals surface area contributed by atoms with E-state index in [1.165, 1.54) is 0 Å². The second kappa shape index (κ2) is 6.12. The van der Waals surface area contributed by atoms with E-state index in [1.54, 1.807) is 0 Å². The van der Waals surface area contributed by atoms with Crippen LogP contribution in [0.2, 0.25) is 0 Å². The molecule has 16 heavy (non-hydrogen) atoms. The first-order valence-electron chi connectivity index (χ1n) is 5.35. The van der Waals surface area contributed by atoms with Crippen molar-refractivity contribution in [1.82, 2.24) is 10.6 Å². The van der Waals surface area contributed by atoms with Crippen molar-refractivity contribution in [2.75, 3.05) is 0 Å². The van der Waals surface area contributed by atoms with Crippen molar-refractivity contribution < 1.29 is 9.90 Å². The summed E-state index contributed by atoms with van der Waals surface area (Å²) in [6, 6.07) is 7.44. The molecule has 0 aliphatic heterocycles. The van der Waals surface area contributed by atoms with Gasteiger partial charge in [0.2, 0.25) is 0 Å². The van der Waals surface area contributed by atoms with Crippen molar-refractivity contribution in [3.63, 3.8) is 0 Å². The average Bonchev–Trinajstić information content (AvgIpc) is 2.26. The first-order chi connectivity index (χ1) is 7.61. The summed E-state index contributed by atoms with van der Waals surface area (Å²) in [6.45, 7) is 4.36. The van der Waals surface area contributed by atoms with E-state index < -0.39 is 0 Å². The number of nitrogens with one attached hydrogen (secondary N) is 2. The van der Waals surface area contributed by atoms with Gasteiger partial charge in [-0.2, -0.15) is 0 Å². The molecule has 0 spiro atoms. The Morgan fingerprint density at radius 3 is 2.31 bits per heavy atom. The molecular formula is C12H18N2O2. The summed E-state index contributed by atoms with van der Waals surface area (Å²) < 4.78 is 0. The van der Waals surface area contributed by atoms with Gasteiger partial charge in [-0.05, 0) is 25.0 Å². The van der Waals surface area contributed by atoms with Crippen LogP contribution in [0.3, 0.4) is 0 Å². The van der Waals surface area contributed by atoms with Crippen LogP contribution in [0, 0.1) is 0 Å². The molecule has 0 aromatic heterocycles. The second-order valence-corrected chi connectivity index (χ2v) is 3.96. The second-order valence-electron chi connectivity index (χ2n) is 3.96. The fourth-order valence-corrected chi connectivity index (χ4v) is 1.26. The number of aliphatic hydroxyl groups excluding tert-OH is 1. The topological polar surface area (TPSA) is 61.4 Å². The van der Waals surface area contributed by atoms with E-state index >= 15 is 0 Å². The zero-order valence-electron chi connectivity index (χ0n) is 9.66. The summed E-state index contributed by atoms with van der Waals surface area (Å²) in [4.78, 5) is 11.3. The van der Waals surface area contributed by atoms with Gasteiger partial charge in [0.25, 0.3) is 0 Å². The zero-order valence-corrected chi connectivity index (χ0v) is 9.66. The highest BCUT2D eigenvalue weighted by molar-refractivity contribution is 5.74. The van der Waals surface area contributed by atoms with Crippen LogP contribution >= 0.6 is 0 Å². The fraction of sp³-hybridized carbons (Fsp3) is 0.417. The van der Waals surface area contributed by atoms with Gasteiger partial charge in [0.15, 0.2) is 0 Å². The lowest BCUT2D eigenvalue weighted by Gasteiger charge is -2.10. The Kier molecular flexibility index (Phi) is 4.79. The van der Waals surface area contributed by atoms with Gasteiger partial charge in [-0.15, -0.1) is 0 Å². The molecule has 1 rings (SSSR count). The van der Waals surface area contributed by atoms with Gasteiger partial charge in [-0.3, -0.25) is 0 Å². The molecule has 2 amide bonds. The van der Waals surface area contributed by atoms with Crippen LogP contribution in [0.25, 0.3) is 0 Å². The van der Waals surface area contributed by atoms with Crippen LogP contribution in [0.5, 0.6) is 0 Å². The number of urea groups is 1. The predicted molar refractivity (Wildman–Crippen MR) is 62.9 cm³/mol. The molecule has 0 heterocycles. The number of carbonyl (C=O) groups excluding carboxylic acids is 1. The Morgan fingerprint density at radius 1 is 1.25 bits per heavy atom. The maximum absolute atomic E-state index is 11.3. The maximum atomic E-state index is 11.3. The number of aliphatic hydroxyl groups is 1. The van der Waals surface area contributed by atoms with E-state index in [0.717, 1.165) is 11.1 Å². The van der Waals surface area contributed by atoms with Crippen molar-refractivity contribution in [3.05, 3.63) is 35.4 Å². The normalized spacial score (nSPS) is 10.2. The Morgan fingerprint density at radius 2 is 1.81 bits per heavy atom. The average molecular weight is 222 g/mol. The number of carbonyl (C=O) groups is 1. The van der Waals surface area contributed by atoms with Gasteiger partial charge >= 0.3 is 6.03 Å². The Hall–Kier alpha value is -1.55. The molecule has 4 nitrogen and oxygen atoms in total. The van der Waals surface area contributed by atoms with Gasteiger partial charge in [0.1, 0.15) is 0 Å². The molecule has 0 fully saturated rings.